The predicted molar refractivity (Wildman–Crippen MR) is 90.8 cm³/mol. The van der Waals surface area contributed by atoms with Crippen LogP contribution >= 0.6 is 0 Å². The van der Waals surface area contributed by atoms with Crippen molar-refractivity contribution < 1.29 is 0 Å². The number of rotatable bonds is 4. The van der Waals surface area contributed by atoms with Gasteiger partial charge in [-0.1, -0.05) is 13.8 Å². The average Bonchev–Trinajstić information content (AvgIpc) is 2.85. The summed E-state index contributed by atoms with van der Waals surface area (Å²) in [7, 11) is 0. The molecule has 2 rings (SSSR count). The van der Waals surface area contributed by atoms with Crippen molar-refractivity contribution in [2.45, 2.75) is 72.5 Å². The first-order valence-electron chi connectivity index (χ1n) is 8.25. The zero-order chi connectivity index (χ0) is 15.6. The first-order chi connectivity index (χ1) is 9.78. The Morgan fingerprint density at radius 2 is 2.10 bits per heavy atom. The van der Waals surface area contributed by atoms with Crippen molar-refractivity contribution in [2.24, 2.45) is 5.92 Å². The molecule has 0 aromatic carbocycles. The number of hydrogen-bond donors (Lipinski definition) is 1. The van der Waals surface area contributed by atoms with Crippen LogP contribution in [-0.4, -0.2) is 23.1 Å². The molecule has 1 atom stereocenters. The topological polar surface area (TPSA) is 28.2 Å². The average molecular weight is 289 g/mol. The molecule has 0 bridgehead atoms. The molecule has 2 heterocycles. The van der Waals surface area contributed by atoms with Gasteiger partial charge in [-0.3, -0.25) is 4.98 Å². The van der Waals surface area contributed by atoms with E-state index in [0.29, 0.717) is 12.0 Å². The molecule has 1 N–H and O–H groups in total. The van der Waals surface area contributed by atoms with Crippen molar-refractivity contribution in [1.29, 1.82) is 0 Å². The van der Waals surface area contributed by atoms with Crippen LogP contribution in [0.15, 0.2) is 12.3 Å². The number of nitrogens with zero attached hydrogens (tertiary/aromatic N) is 2. The highest BCUT2D eigenvalue weighted by Crippen LogP contribution is 2.32. The molecule has 1 fully saturated rings. The van der Waals surface area contributed by atoms with E-state index in [2.05, 4.69) is 69.0 Å². The first kappa shape index (κ1) is 16.3. The summed E-state index contributed by atoms with van der Waals surface area (Å²) >= 11 is 0. The van der Waals surface area contributed by atoms with Crippen molar-refractivity contribution in [3.63, 3.8) is 0 Å². The van der Waals surface area contributed by atoms with Gasteiger partial charge in [0.2, 0.25) is 0 Å². The maximum Gasteiger partial charge on any atom is 0.0448 e. The van der Waals surface area contributed by atoms with E-state index in [4.69, 9.17) is 0 Å². The second-order valence-corrected chi connectivity index (χ2v) is 7.70. The van der Waals surface area contributed by atoms with Gasteiger partial charge in [0, 0.05) is 47.8 Å². The van der Waals surface area contributed by atoms with E-state index in [9.17, 15) is 0 Å². The van der Waals surface area contributed by atoms with Gasteiger partial charge in [-0.05, 0) is 52.5 Å². The molecule has 0 radical (unpaired) electrons. The van der Waals surface area contributed by atoms with Crippen molar-refractivity contribution >= 4 is 5.69 Å². The van der Waals surface area contributed by atoms with E-state index in [-0.39, 0.29) is 5.54 Å². The Labute approximate surface area is 130 Å². The van der Waals surface area contributed by atoms with Crippen LogP contribution in [0.2, 0.25) is 0 Å². The van der Waals surface area contributed by atoms with Gasteiger partial charge in [0.05, 0.1) is 0 Å². The van der Waals surface area contributed by atoms with Crippen LogP contribution in [0.5, 0.6) is 0 Å². The summed E-state index contributed by atoms with van der Waals surface area (Å²) in [5, 5.41) is 3.60. The van der Waals surface area contributed by atoms with E-state index >= 15 is 0 Å². The number of aromatic nitrogens is 1. The van der Waals surface area contributed by atoms with Crippen molar-refractivity contribution in [3.05, 3.63) is 23.5 Å². The molecule has 0 amide bonds. The summed E-state index contributed by atoms with van der Waals surface area (Å²) in [6, 6.07) is 2.93. The fourth-order valence-corrected chi connectivity index (χ4v) is 3.12. The molecule has 1 aromatic rings. The Bertz CT molecular complexity index is 474. The predicted octanol–water partition coefficient (Wildman–Crippen LogP) is 3.90. The highest BCUT2D eigenvalue weighted by atomic mass is 15.2. The number of aryl methyl sites for hydroxylation is 1. The standard InChI is InChI=1S/C18H31N3/c1-13(2)16-8-7-9-21(16)17-10-14(3)19-11-15(17)12-20-18(4,5)6/h10-11,13,16,20H,7-9,12H2,1-6H3. The lowest BCUT2D eigenvalue weighted by Crippen LogP contribution is -2.37. The van der Waals surface area contributed by atoms with Crippen LogP contribution in [0.25, 0.3) is 0 Å². The molecule has 1 aliphatic heterocycles. The minimum atomic E-state index is 0.130. The minimum absolute atomic E-state index is 0.130. The van der Waals surface area contributed by atoms with Gasteiger partial charge >= 0.3 is 0 Å². The van der Waals surface area contributed by atoms with Crippen molar-refractivity contribution in [1.82, 2.24) is 10.3 Å². The first-order valence-corrected chi connectivity index (χ1v) is 8.25. The molecule has 0 aliphatic carbocycles. The van der Waals surface area contributed by atoms with Crippen molar-refractivity contribution in [3.8, 4) is 0 Å². The molecule has 3 nitrogen and oxygen atoms in total. The third-order valence-corrected chi connectivity index (χ3v) is 4.29. The lowest BCUT2D eigenvalue weighted by Gasteiger charge is -2.32. The number of anilines is 1. The zero-order valence-electron chi connectivity index (χ0n) is 14.5. The van der Waals surface area contributed by atoms with E-state index in [0.717, 1.165) is 12.2 Å². The summed E-state index contributed by atoms with van der Waals surface area (Å²) < 4.78 is 0. The van der Waals surface area contributed by atoms with Gasteiger partial charge in [-0.15, -0.1) is 0 Å². The molecular weight excluding hydrogens is 258 g/mol. The summed E-state index contributed by atoms with van der Waals surface area (Å²) in [5.74, 6) is 0.699. The van der Waals surface area contributed by atoms with Crippen molar-refractivity contribution in [2.75, 3.05) is 11.4 Å². The Morgan fingerprint density at radius 3 is 2.71 bits per heavy atom. The molecular formula is C18H31N3. The summed E-state index contributed by atoms with van der Waals surface area (Å²) in [6.07, 6.45) is 4.67. The Hall–Kier alpha value is -1.09. The minimum Gasteiger partial charge on any atom is -0.368 e. The summed E-state index contributed by atoms with van der Waals surface area (Å²) in [6.45, 7) is 15.4. The maximum atomic E-state index is 4.52. The highest BCUT2D eigenvalue weighted by Gasteiger charge is 2.28. The molecule has 0 spiro atoms. The molecule has 21 heavy (non-hydrogen) atoms. The Balaban J connectivity index is 2.26. The molecule has 0 saturated carbocycles. The Morgan fingerprint density at radius 1 is 1.38 bits per heavy atom. The molecule has 1 unspecified atom stereocenters. The lowest BCUT2D eigenvalue weighted by atomic mass is 10.0. The van der Waals surface area contributed by atoms with Gasteiger partial charge in [0.25, 0.3) is 0 Å². The van der Waals surface area contributed by atoms with Gasteiger partial charge < -0.3 is 10.2 Å². The number of pyridine rings is 1. The quantitative estimate of drug-likeness (QED) is 0.911. The largest absolute Gasteiger partial charge is 0.368 e. The van der Waals surface area contributed by atoms with Crippen LogP contribution in [0.4, 0.5) is 5.69 Å². The van der Waals surface area contributed by atoms with Crippen LogP contribution in [0.3, 0.4) is 0 Å². The highest BCUT2D eigenvalue weighted by molar-refractivity contribution is 5.55. The molecule has 3 heteroatoms. The van der Waals surface area contributed by atoms with Gasteiger partial charge in [0.15, 0.2) is 0 Å². The van der Waals surface area contributed by atoms with E-state index in [1.54, 1.807) is 0 Å². The fraction of sp³-hybridized carbons (Fsp3) is 0.722. The van der Waals surface area contributed by atoms with Gasteiger partial charge in [-0.25, -0.2) is 0 Å². The van der Waals surface area contributed by atoms with Gasteiger partial charge in [0.1, 0.15) is 0 Å². The molecule has 1 saturated heterocycles. The Kier molecular flexibility index (Phi) is 4.92. The van der Waals surface area contributed by atoms with E-state index in [1.807, 2.05) is 0 Å². The molecule has 118 valence electrons. The van der Waals surface area contributed by atoms with Crippen LogP contribution in [0.1, 0.15) is 58.7 Å². The van der Waals surface area contributed by atoms with E-state index < -0.39 is 0 Å². The van der Waals surface area contributed by atoms with Gasteiger partial charge in [-0.2, -0.15) is 0 Å². The lowest BCUT2D eigenvalue weighted by molar-refractivity contribution is 0.423. The van der Waals surface area contributed by atoms with Crippen LogP contribution in [0, 0.1) is 12.8 Å². The smallest absolute Gasteiger partial charge is 0.0448 e. The van der Waals surface area contributed by atoms with Crippen LogP contribution < -0.4 is 10.2 Å². The summed E-state index contributed by atoms with van der Waals surface area (Å²) in [4.78, 5) is 7.13. The maximum absolute atomic E-state index is 4.52. The SMILES string of the molecule is Cc1cc(N2CCCC2C(C)C)c(CNC(C)(C)C)cn1. The monoisotopic (exact) mass is 289 g/mol. The fourth-order valence-electron chi connectivity index (χ4n) is 3.12. The second kappa shape index (κ2) is 6.35. The zero-order valence-corrected chi connectivity index (χ0v) is 14.5. The third-order valence-electron chi connectivity index (χ3n) is 4.29. The van der Waals surface area contributed by atoms with E-state index in [1.165, 1.54) is 30.6 Å². The number of hydrogen-bond acceptors (Lipinski definition) is 3. The normalized spacial score (nSPS) is 19.6. The number of nitrogens with one attached hydrogen (secondary N) is 1. The summed E-state index contributed by atoms with van der Waals surface area (Å²) in [5.41, 5.74) is 3.95. The third kappa shape index (κ3) is 4.19. The van der Waals surface area contributed by atoms with Crippen LogP contribution in [-0.2, 0) is 6.54 Å². The second-order valence-electron chi connectivity index (χ2n) is 7.70. The molecule has 1 aliphatic rings. The molecule has 1 aromatic heterocycles.